The van der Waals surface area contributed by atoms with Gasteiger partial charge in [0.15, 0.2) is 5.82 Å². The number of anilines is 1. The van der Waals surface area contributed by atoms with Crippen LogP contribution in [0.5, 0.6) is 0 Å². The topological polar surface area (TPSA) is 41.9 Å². The molecule has 2 aromatic carbocycles. The van der Waals surface area contributed by atoms with E-state index in [2.05, 4.69) is 9.88 Å². The molecule has 5 rings (SSSR count). The van der Waals surface area contributed by atoms with Crippen molar-refractivity contribution in [3.05, 3.63) is 72.8 Å². The Morgan fingerprint density at radius 3 is 2.44 bits per heavy atom. The van der Waals surface area contributed by atoms with Gasteiger partial charge in [0, 0.05) is 36.4 Å². The van der Waals surface area contributed by atoms with Gasteiger partial charge in [-0.25, -0.2) is 14.4 Å². The summed E-state index contributed by atoms with van der Waals surface area (Å²) in [5, 5.41) is 1.02. The maximum atomic E-state index is 13.6. The van der Waals surface area contributed by atoms with E-state index in [4.69, 9.17) is 9.97 Å². The Hall–Kier alpha value is -3.34. The molecule has 0 unspecified atom stereocenters. The van der Waals surface area contributed by atoms with Crippen LogP contribution in [0.1, 0.15) is 6.42 Å². The second kappa shape index (κ2) is 6.43. The van der Waals surface area contributed by atoms with Crippen LogP contribution >= 0.6 is 0 Å². The highest BCUT2D eigenvalue weighted by Crippen LogP contribution is 2.32. The fraction of sp³-hybridized carbons (Fsp3) is 0.136. The predicted octanol–water partition coefficient (Wildman–Crippen LogP) is 4.71. The Bertz CT molecular complexity index is 1120. The summed E-state index contributed by atoms with van der Waals surface area (Å²) in [4.78, 5) is 16.1. The van der Waals surface area contributed by atoms with Gasteiger partial charge >= 0.3 is 0 Å². The molecule has 0 amide bonds. The maximum Gasteiger partial charge on any atom is 0.163 e. The van der Waals surface area contributed by atoms with Crippen LogP contribution in [0.3, 0.4) is 0 Å². The third kappa shape index (κ3) is 2.91. The number of aromatic nitrogens is 3. The number of rotatable bonds is 3. The quantitative estimate of drug-likeness (QED) is 0.533. The lowest BCUT2D eigenvalue weighted by Gasteiger charge is -2.33. The van der Waals surface area contributed by atoms with E-state index in [-0.39, 0.29) is 5.82 Å². The molecular weight excluding hydrogens is 339 g/mol. The highest BCUT2D eigenvalue weighted by Gasteiger charge is 2.20. The molecule has 0 spiro atoms. The average molecular weight is 356 g/mol. The zero-order valence-corrected chi connectivity index (χ0v) is 14.6. The van der Waals surface area contributed by atoms with Crippen LogP contribution in [0.2, 0.25) is 0 Å². The van der Waals surface area contributed by atoms with Gasteiger partial charge in [-0.3, -0.25) is 4.98 Å². The summed E-state index contributed by atoms with van der Waals surface area (Å²) in [5.74, 6) is 1.37. The molecule has 0 saturated carbocycles. The number of fused-ring (bicyclic) bond motifs is 1. The van der Waals surface area contributed by atoms with E-state index in [1.165, 1.54) is 12.5 Å². The number of nitrogens with zero attached hydrogens (tertiary/aromatic N) is 4. The zero-order valence-electron chi connectivity index (χ0n) is 14.6. The maximum absolute atomic E-state index is 13.6. The van der Waals surface area contributed by atoms with Crippen LogP contribution in [-0.2, 0) is 0 Å². The largest absolute Gasteiger partial charge is 0.356 e. The van der Waals surface area contributed by atoms with Crippen molar-refractivity contribution < 1.29 is 4.39 Å². The Morgan fingerprint density at radius 2 is 1.70 bits per heavy atom. The molecule has 4 nitrogen and oxygen atoms in total. The molecule has 1 aliphatic rings. The summed E-state index contributed by atoms with van der Waals surface area (Å²) in [6.07, 6.45) is 4.69. The van der Waals surface area contributed by atoms with Crippen molar-refractivity contribution in [3.8, 4) is 22.5 Å². The molecule has 4 aromatic rings. The molecule has 1 aliphatic heterocycles. The molecule has 0 aliphatic carbocycles. The van der Waals surface area contributed by atoms with Crippen LogP contribution < -0.4 is 4.90 Å². The predicted molar refractivity (Wildman–Crippen MR) is 105 cm³/mol. The molecule has 0 radical (unpaired) electrons. The summed E-state index contributed by atoms with van der Waals surface area (Å²) in [7, 11) is 0. The van der Waals surface area contributed by atoms with Crippen LogP contribution in [0.25, 0.3) is 33.4 Å². The van der Waals surface area contributed by atoms with Gasteiger partial charge in [0.2, 0.25) is 0 Å². The average Bonchev–Trinajstić information content (AvgIpc) is 2.67. The monoisotopic (exact) mass is 356 g/mol. The minimum Gasteiger partial charge on any atom is -0.356 e. The van der Waals surface area contributed by atoms with E-state index in [0.29, 0.717) is 5.82 Å². The SMILES string of the molecule is Fc1cccc(-c2ccc3c(N4CCC4)nc(-c4cccnc4)nc3c2)c1. The van der Waals surface area contributed by atoms with Gasteiger partial charge in [-0.2, -0.15) is 0 Å². The summed E-state index contributed by atoms with van der Waals surface area (Å²) >= 11 is 0. The Kier molecular flexibility index (Phi) is 3.78. The van der Waals surface area contributed by atoms with Crippen LogP contribution in [0.15, 0.2) is 67.0 Å². The summed E-state index contributed by atoms with van der Waals surface area (Å²) in [5.41, 5.74) is 3.51. The van der Waals surface area contributed by atoms with Crippen molar-refractivity contribution in [2.75, 3.05) is 18.0 Å². The van der Waals surface area contributed by atoms with E-state index in [9.17, 15) is 4.39 Å². The third-order valence-electron chi connectivity index (χ3n) is 4.91. The summed E-state index contributed by atoms with van der Waals surface area (Å²) in [6, 6.07) is 16.5. The van der Waals surface area contributed by atoms with Crippen molar-refractivity contribution in [2.45, 2.75) is 6.42 Å². The highest BCUT2D eigenvalue weighted by atomic mass is 19.1. The number of pyridine rings is 1. The molecule has 0 atom stereocenters. The number of hydrogen-bond donors (Lipinski definition) is 0. The lowest BCUT2D eigenvalue weighted by Crippen LogP contribution is -2.37. The molecule has 1 fully saturated rings. The van der Waals surface area contributed by atoms with Gasteiger partial charge in [-0.15, -0.1) is 0 Å². The first-order valence-corrected chi connectivity index (χ1v) is 9.01. The van der Waals surface area contributed by atoms with Crippen molar-refractivity contribution in [1.29, 1.82) is 0 Å². The fourth-order valence-corrected chi connectivity index (χ4v) is 3.35. The standard InChI is InChI=1S/C22H17FN4/c23-18-6-1-4-15(12-18)16-7-8-19-20(13-16)25-21(17-5-2-9-24-14-17)26-22(19)27-10-3-11-27/h1-2,4-9,12-14H,3,10-11H2. The second-order valence-corrected chi connectivity index (χ2v) is 6.70. The van der Waals surface area contributed by atoms with Crippen LogP contribution in [-0.4, -0.2) is 28.0 Å². The van der Waals surface area contributed by atoms with Crippen molar-refractivity contribution in [2.24, 2.45) is 0 Å². The Morgan fingerprint density at radius 1 is 0.852 bits per heavy atom. The van der Waals surface area contributed by atoms with Gasteiger partial charge in [-0.1, -0.05) is 18.2 Å². The van der Waals surface area contributed by atoms with Crippen molar-refractivity contribution >= 4 is 16.7 Å². The lowest BCUT2D eigenvalue weighted by atomic mass is 10.0. The molecule has 0 N–H and O–H groups in total. The third-order valence-corrected chi connectivity index (χ3v) is 4.91. The number of hydrogen-bond acceptors (Lipinski definition) is 4. The molecule has 5 heteroatoms. The molecular formula is C22H17FN4. The molecule has 1 saturated heterocycles. The molecule has 27 heavy (non-hydrogen) atoms. The molecule has 0 bridgehead atoms. The molecule has 132 valence electrons. The second-order valence-electron chi connectivity index (χ2n) is 6.70. The summed E-state index contributed by atoms with van der Waals surface area (Å²) in [6.45, 7) is 2.01. The Balaban J connectivity index is 1.71. The highest BCUT2D eigenvalue weighted by molar-refractivity contribution is 5.94. The van der Waals surface area contributed by atoms with E-state index in [0.717, 1.165) is 46.5 Å². The van der Waals surface area contributed by atoms with Gasteiger partial charge < -0.3 is 4.90 Å². The van der Waals surface area contributed by atoms with E-state index in [1.54, 1.807) is 24.5 Å². The van der Waals surface area contributed by atoms with Gasteiger partial charge in [-0.05, 0) is 53.9 Å². The summed E-state index contributed by atoms with van der Waals surface area (Å²) < 4.78 is 13.6. The van der Waals surface area contributed by atoms with Crippen molar-refractivity contribution in [1.82, 2.24) is 15.0 Å². The Labute approximate surface area is 156 Å². The van der Waals surface area contributed by atoms with Crippen molar-refractivity contribution in [3.63, 3.8) is 0 Å². The zero-order chi connectivity index (χ0) is 18.2. The number of halogens is 1. The lowest BCUT2D eigenvalue weighted by molar-refractivity contribution is 0.612. The smallest absolute Gasteiger partial charge is 0.163 e. The molecule has 2 aromatic heterocycles. The van der Waals surface area contributed by atoms with Crippen LogP contribution in [0, 0.1) is 5.82 Å². The first-order valence-electron chi connectivity index (χ1n) is 9.01. The first kappa shape index (κ1) is 15.9. The van der Waals surface area contributed by atoms with E-state index < -0.39 is 0 Å². The van der Waals surface area contributed by atoms with Gasteiger partial charge in [0.25, 0.3) is 0 Å². The van der Waals surface area contributed by atoms with E-state index in [1.807, 2.05) is 36.4 Å². The fourth-order valence-electron chi connectivity index (χ4n) is 3.35. The minimum absolute atomic E-state index is 0.243. The minimum atomic E-state index is -0.243. The van der Waals surface area contributed by atoms with E-state index >= 15 is 0 Å². The van der Waals surface area contributed by atoms with Gasteiger partial charge in [0.1, 0.15) is 11.6 Å². The molecule has 3 heterocycles. The first-order chi connectivity index (χ1) is 13.3. The number of benzene rings is 2. The normalized spacial score (nSPS) is 13.6. The van der Waals surface area contributed by atoms with Gasteiger partial charge in [0.05, 0.1) is 5.52 Å². The van der Waals surface area contributed by atoms with Crippen LogP contribution in [0.4, 0.5) is 10.2 Å².